The Morgan fingerprint density at radius 2 is 1.82 bits per heavy atom. The lowest BCUT2D eigenvalue weighted by atomic mass is 10.0. The molecular weight excluding hydrogens is 248 g/mol. The number of halogens is 3. The van der Waals surface area contributed by atoms with Gasteiger partial charge in [0.05, 0.1) is 6.04 Å². The molecule has 0 spiro atoms. The first-order chi connectivity index (χ1) is 8.04. The summed E-state index contributed by atoms with van der Waals surface area (Å²) in [5.74, 6) is -0.756. The first kappa shape index (κ1) is 12.1. The van der Waals surface area contributed by atoms with Crippen LogP contribution in [0.5, 0.6) is 0 Å². The van der Waals surface area contributed by atoms with Gasteiger partial charge in [-0.15, -0.1) is 0 Å². The molecule has 2 aromatic rings. The van der Waals surface area contributed by atoms with E-state index in [-0.39, 0.29) is 11.6 Å². The van der Waals surface area contributed by atoms with E-state index < -0.39 is 17.7 Å². The third-order valence-corrected chi connectivity index (χ3v) is 2.54. The number of nitrogens with two attached hydrogens (primary N) is 1. The van der Waals surface area contributed by atoms with Crippen molar-refractivity contribution in [3.8, 4) is 0 Å². The van der Waals surface area contributed by atoms with Gasteiger partial charge in [0.15, 0.2) is 5.22 Å². The van der Waals surface area contributed by atoms with Crippen molar-refractivity contribution in [2.75, 3.05) is 0 Å². The lowest BCUT2D eigenvalue weighted by Gasteiger charge is -2.08. The van der Waals surface area contributed by atoms with E-state index in [0.29, 0.717) is 11.3 Å². The molecular formula is C12H10ClF2NO. The van der Waals surface area contributed by atoms with Gasteiger partial charge in [-0.3, -0.25) is 0 Å². The summed E-state index contributed by atoms with van der Waals surface area (Å²) >= 11 is 5.62. The van der Waals surface area contributed by atoms with E-state index in [9.17, 15) is 8.78 Å². The third kappa shape index (κ3) is 3.05. The second-order valence-corrected chi connectivity index (χ2v) is 4.10. The van der Waals surface area contributed by atoms with Crippen LogP contribution in [0.4, 0.5) is 8.78 Å². The number of hydrogen-bond donors (Lipinski definition) is 1. The predicted molar refractivity (Wildman–Crippen MR) is 60.7 cm³/mol. The predicted octanol–water partition coefficient (Wildman–Crippen LogP) is 3.45. The van der Waals surface area contributed by atoms with Gasteiger partial charge in [-0.05, 0) is 47.9 Å². The fourth-order valence-electron chi connectivity index (χ4n) is 1.61. The Morgan fingerprint density at radius 1 is 1.18 bits per heavy atom. The Bertz CT molecular complexity index is 507. The summed E-state index contributed by atoms with van der Waals surface area (Å²) in [6.45, 7) is 0. The minimum atomic E-state index is -0.621. The van der Waals surface area contributed by atoms with E-state index in [1.54, 1.807) is 12.1 Å². The molecule has 0 aliphatic heterocycles. The van der Waals surface area contributed by atoms with Crippen LogP contribution in [0.25, 0.3) is 0 Å². The van der Waals surface area contributed by atoms with E-state index in [4.69, 9.17) is 21.8 Å². The average Bonchev–Trinajstić information content (AvgIpc) is 2.63. The molecule has 0 bridgehead atoms. The summed E-state index contributed by atoms with van der Waals surface area (Å²) in [6, 6.07) is 6.04. The summed E-state index contributed by atoms with van der Waals surface area (Å²) in [5.41, 5.74) is 6.32. The molecule has 17 heavy (non-hydrogen) atoms. The Labute approximate surface area is 102 Å². The molecule has 2 nitrogen and oxygen atoms in total. The van der Waals surface area contributed by atoms with Crippen LogP contribution in [0.1, 0.15) is 17.4 Å². The van der Waals surface area contributed by atoms with Gasteiger partial charge in [0.1, 0.15) is 17.4 Å². The van der Waals surface area contributed by atoms with Crippen molar-refractivity contribution in [3.05, 3.63) is 58.5 Å². The molecule has 2 rings (SSSR count). The van der Waals surface area contributed by atoms with Crippen molar-refractivity contribution >= 4 is 11.6 Å². The molecule has 0 aliphatic rings. The zero-order valence-electron chi connectivity index (χ0n) is 8.79. The van der Waals surface area contributed by atoms with Gasteiger partial charge in [-0.25, -0.2) is 8.78 Å². The molecule has 0 saturated carbocycles. The topological polar surface area (TPSA) is 39.2 Å². The van der Waals surface area contributed by atoms with E-state index in [1.165, 1.54) is 12.1 Å². The van der Waals surface area contributed by atoms with E-state index in [1.807, 2.05) is 0 Å². The van der Waals surface area contributed by atoms with Crippen LogP contribution in [0, 0.1) is 11.6 Å². The van der Waals surface area contributed by atoms with Crippen molar-refractivity contribution < 1.29 is 13.2 Å². The maximum absolute atomic E-state index is 13.0. The second-order valence-electron chi connectivity index (χ2n) is 3.73. The summed E-state index contributed by atoms with van der Waals surface area (Å²) in [6.07, 6.45) is 0.276. The maximum atomic E-state index is 13.0. The van der Waals surface area contributed by atoms with Crippen molar-refractivity contribution in [1.29, 1.82) is 0 Å². The van der Waals surface area contributed by atoms with Crippen LogP contribution < -0.4 is 5.73 Å². The summed E-state index contributed by atoms with van der Waals surface area (Å²) in [7, 11) is 0. The van der Waals surface area contributed by atoms with Crippen molar-refractivity contribution in [3.63, 3.8) is 0 Å². The van der Waals surface area contributed by atoms with Gasteiger partial charge in [0, 0.05) is 6.07 Å². The second kappa shape index (κ2) is 4.85. The maximum Gasteiger partial charge on any atom is 0.193 e. The highest BCUT2D eigenvalue weighted by molar-refractivity contribution is 6.28. The summed E-state index contributed by atoms with van der Waals surface area (Å²) in [4.78, 5) is 0. The number of rotatable bonds is 3. The highest BCUT2D eigenvalue weighted by Crippen LogP contribution is 2.22. The highest BCUT2D eigenvalue weighted by atomic mass is 35.5. The molecule has 1 unspecified atom stereocenters. The van der Waals surface area contributed by atoms with Gasteiger partial charge < -0.3 is 10.2 Å². The Balaban J connectivity index is 2.15. The normalized spacial score (nSPS) is 12.7. The molecule has 1 atom stereocenters. The van der Waals surface area contributed by atoms with Crippen LogP contribution in [-0.2, 0) is 6.42 Å². The summed E-state index contributed by atoms with van der Waals surface area (Å²) in [5, 5.41) is 0.237. The fourth-order valence-corrected chi connectivity index (χ4v) is 1.76. The molecule has 0 aliphatic carbocycles. The minimum Gasteiger partial charge on any atom is -0.448 e. The van der Waals surface area contributed by atoms with E-state index in [2.05, 4.69) is 0 Å². The van der Waals surface area contributed by atoms with Crippen LogP contribution in [-0.4, -0.2) is 0 Å². The Kier molecular flexibility index (Phi) is 3.45. The van der Waals surface area contributed by atoms with Gasteiger partial charge in [0.2, 0.25) is 0 Å². The van der Waals surface area contributed by atoms with Crippen LogP contribution in [0.2, 0.25) is 5.22 Å². The standard InChI is InChI=1S/C12H10ClF2NO/c13-12-2-1-11(17-12)10(16)5-7-3-8(14)6-9(15)4-7/h1-4,6,10H,5,16H2. The van der Waals surface area contributed by atoms with Crippen LogP contribution in [0.3, 0.4) is 0 Å². The zero-order chi connectivity index (χ0) is 12.4. The molecule has 1 heterocycles. The van der Waals surface area contributed by atoms with Gasteiger partial charge in [-0.1, -0.05) is 0 Å². The fraction of sp³-hybridized carbons (Fsp3) is 0.167. The molecule has 0 saturated heterocycles. The average molecular weight is 258 g/mol. The molecule has 1 aromatic carbocycles. The molecule has 2 N–H and O–H groups in total. The van der Waals surface area contributed by atoms with Crippen LogP contribution in [0.15, 0.2) is 34.7 Å². The SMILES string of the molecule is NC(Cc1cc(F)cc(F)c1)c1ccc(Cl)o1. The largest absolute Gasteiger partial charge is 0.448 e. The smallest absolute Gasteiger partial charge is 0.193 e. The van der Waals surface area contributed by atoms with Gasteiger partial charge in [-0.2, -0.15) is 0 Å². The van der Waals surface area contributed by atoms with E-state index in [0.717, 1.165) is 6.07 Å². The lowest BCUT2D eigenvalue weighted by Crippen LogP contribution is -2.12. The number of benzene rings is 1. The Morgan fingerprint density at radius 3 is 2.35 bits per heavy atom. The highest BCUT2D eigenvalue weighted by Gasteiger charge is 2.12. The molecule has 90 valence electrons. The molecule has 0 amide bonds. The molecule has 0 radical (unpaired) electrons. The van der Waals surface area contributed by atoms with Crippen molar-refractivity contribution in [2.24, 2.45) is 5.73 Å². The zero-order valence-corrected chi connectivity index (χ0v) is 9.55. The monoisotopic (exact) mass is 257 g/mol. The van der Waals surface area contributed by atoms with Gasteiger partial charge >= 0.3 is 0 Å². The summed E-state index contributed by atoms with van der Waals surface area (Å²) < 4.78 is 31.1. The lowest BCUT2D eigenvalue weighted by molar-refractivity contribution is 0.465. The van der Waals surface area contributed by atoms with Crippen molar-refractivity contribution in [2.45, 2.75) is 12.5 Å². The van der Waals surface area contributed by atoms with Crippen molar-refractivity contribution in [1.82, 2.24) is 0 Å². The third-order valence-electron chi connectivity index (χ3n) is 2.34. The number of hydrogen-bond acceptors (Lipinski definition) is 2. The van der Waals surface area contributed by atoms with Gasteiger partial charge in [0.25, 0.3) is 0 Å². The quantitative estimate of drug-likeness (QED) is 0.915. The molecule has 5 heteroatoms. The Hall–Kier alpha value is -1.39. The first-order valence-corrected chi connectivity index (χ1v) is 5.38. The minimum absolute atomic E-state index is 0.237. The van der Waals surface area contributed by atoms with Crippen LogP contribution >= 0.6 is 11.6 Å². The number of furan rings is 1. The molecule has 1 aromatic heterocycles. The first-order valence-electron chi connectivity index (χ1n) is 5.00. The molecule has 0 fully saturated rings. The van der Waals surface area contributed by atoms with E-state index >= 15 is 0 Å².